The van der Waals surface area contributed by atoms with E-state index in [0.717, 1.165) is 48.1 Å². The summed E-state index contributed by atoms with van der Waals surface area (Å²) in [5.74, 6) is 2.47. The van der Waals surface area contributed by atoms with E-state index >= 15 is 0 Å². The molecule has 0 saturated carbocycles. The summed E-state index contributed by atoms with van der Waals surface area (Å²) >= 11 is 0. The Morgan fingerprint density at radius 2 is 2.04 bits per heavy atom. The van der Waals surface area contributed by atoms with Crippen LogP contribution in [0.15, 0.2) is 42.7 Å². The summed E-state index contributed by atoms with van der Waals surface area (Å²) in [5.41, 5.74) is 2.94. The molecule has 25 heavy (non-hydrogen) atoms. The highest BCUT2D eigenvalue weighted by Gasteiger charge is 2.28. The highest BCUT2D eigenvalue weighted by atomic mass is 15.4. The molecular weight excluding hydrogens is 316 g/mol. The Labute approximate surface area is 144 Å². The molecule has 1 aromatic carbocycles. The molecule has 0 unspecified atom stereocenters. The van der Waals surface area contributed by atoms with E-state index < -0.39 is 0 Å². The second-order valence-electron chi connectivity index (χ2n) is 6.46. The minimum Gasteiger partial charge on any atom is -0.355 e. The van der Waals surface area contributed by atoms with Crippen molar-refractivity contribution in [1.29, 1.82) is 0 Å². The molecule has 0 amide bonds. The van der Waals surface area contributed by atoms with Crippen LogP contribution >= 0.6 is 0 Å². The molecule has 1 aliphatic rings. The van der Waals surface area contributed by atoms with Crippen molar-refractivity contribution in [3.63, 3.8) is 0 Å². The van der Waals surface area contributed by atoms with Crippen LogP contribution in [-0.2, 0) is 7.05 Å². The molecule has 0 atom stereocenters. The SMILES string of the molecule is Cn1c(NCC2CN(c3ccc4nncn4n3)C2)nc2ccccc21. The van der Waals surface area contributed by atoms with Crippen molar-refractivity contribution in [2.24, 2.45) is 13.0 Å². The Morgan fingerprint density at radius 1 is 1.16 bits per heavy atom. The predicted molar refractivity (Wildman–Crippen MR) is 95.7 cm³/mol. The minimum absolute atomic E-state index is 0.582. The number of nitrogens with zero attached hydrogens (tertiary/aromatic N) is 7. The van der Waals surface area contributed by atoms with Gasteiger partial charge in [0.1, 0.15) is 12.1 Å². The maximum absolute atomic E-state index is 4.66. The number of hydrogen-bond donors (Lipinski definition) is 1. The highest BCUT2D eigenvalue weighted by Crippen LogP contribution is 2.24. The molecule has 1 N–H and O–H groups in total. The van der Waals surface area contributed by atoms with Gasteiger partial charge >= 0.3 is 0 Å². The molecule has 3 aromatic heterocycles. The molecular formula is C17H18N8. The van der Waals surface area contributed by atoms with Crippen molar-refractivity contribution in [2.45, 2.75) is 0 Å². The predicted octanol–water partition coefficient (Wildman–Crippen LogP) is 1.56. The molecule has 4 heterocycles. The van der Waals surface area contributed by atoms with E-state index in [0.29, 0.717) is 5.92 Å². The maximum Gasteiger partial charge on any atom is 0.203 e. The lowest BCUT2D eigenvalue weighted by Gasteiger charge is -2.40. The number of imidazole rings is 1. The lowest BCUT2D eigenvalue weighted by Crippen LogP contribution is -2.50. The molecule has 0 radical (unpaired) electrons. The van der Waals surface area contributed by atoms with Gasteiger partial charge in [-0.25, -0.2) is 4.98 Å². The summed E-state index contributed by atoms with van der Waals surface area (Å²) in [5, 5.41) is 15.9. The average molecular weight is 334 g/mol. The van der Waals surface area contributed by atoms with Gasteiger partial charge in [-0.05, 0) is 24.3 Å². The van der Waals surface area contributed by atoms with Gasteiger partial charge in [0.15, 0.2) is 5.65 Å². The molecule has 1 aliphatic heterocycles. The summed E-state index contributed by atoms with van der Waals surface area (Å²) in [4.78, 5) is 6.92. The third-order valence-electron chi connectivity index (χ3n) is 4.76. The van der Waals surface area contributed by atoms with Crippen LogP contribution in [0.5, 0.6) is 0 Å². The molecule has 5 rings (SSSR count). The number of rotatable bonds is 4. The first-order valence-electron chi connectivity index (χ1n) is 8.35. The number of aryl methyl sites for hydroxylation is 1. The number of fused-ring (bicyclic) bond motifs is 2. The van der Waals surface area contributed by atoms with E-state index in [4.69, 9.17) is 0 Å². The third kappa shape index (κ3) is 2.37. The van der Waals surface area contributed by atoms with Crippen LogP contribution in [0, 0.1) is 5.92 Å². The van der Waals surface area contributed by atoms with Gasteiger partial charge in [-0.2, -0.15) is 4.52 Å². The fourth-order valence-electron chi connectivity index (χ4n) is 3.31. The molecule has 0 spiro atoms. The topological polar surface area (TPSA) is 76.2 Å². The van der Waals surface area contributed by atoms with Gasteiger partial charge in [-0.15, -0.1) is 15.3 Å². The number of anilines is 2. The Kier molecular flexibility index (Phi) is 3.09. The first-order chi connectivity index (χ1) is 12.3. The lowest BCUT2D eigenvalue weighted by molar-refractivity contribution is 0.424. The van der Waals surface area contributed by atoms with Gasteiger partial charge < -0.3 is 14.8 Å². The Balaban J connectivity index is 1.23. The largest absolute Gasteiger partial charge is 0.355 e. The number of benzene rings is 1. The number of hydrogen-bond acceptors (Lipinski definition) is 6. The first kappa shape index (κ1) is 14.2. The van der Waals surface area contributed by atoms with Crippen molar-refractivity contribution in [2.75, 3.05) is 29.9 Å². The highest BCUT2D eigenvalue weighted by molar-refractivity contribution is 5.78. The molecule has 8 nitrogen and oxygen atoms in total. The van der Waals surface area contributed by atoms with Crippen LogP contribution in [0.1, 0.15) is 0 Å². The summed E-state index contributed by atoms with van der Waals surface area (Å²) in [6.07, 6.45) is 1.63. The number of nitrogens with one attached hydrogen (secondary N) is 1. The second-order valence-corrected chi connectivity index (χ2v) is 6.46. The van der Waals surface area contributed by atoms with Gasteiger partial charge in [0.2, 0.25) is 5.95 Å². The van der Waals surface area contributed by atoms with Crippen LogP contribution in [0.4, 0.5) is 11.8 Å². The smallest absolute Gasteiger partial charge is 0.203 e. The van der Waals surface area contributed by atoms with Crippen molar-refractivity contribution < 1.29 is 0 Å². The monoisotopic (exact) mass is 334 g/mol. The fourth-order valence-corrected chi connectivity index (χ4v) is 3.31. The average Bonchev–Trinajstić information content (AvgIpc) is 3.18. The molecule has 126 valence electrons. The van der Waals surface area contributed by atoms with Crippen LogP contribution in [0.3, 0.4) is 0 Å². The van der Waals surface area contributed by atoms with E-state index in [2.05, 4.69) is 41.1 Å². The van der Waals surface area contributed by atoms with E-state index in [-0.39, 0.29) is 0 Å². The molecule has 1 fully saturated rings. The zero-order valence-corrected chi connectivity index (χ0v) is 13.9. The quantitative estimate of drug-likeness (QED) is 0.610. The van der Waals surface area contributed by atoms with Gasteiger partial charge in [-0.1, -0.05) is 12.1 Å². The summed E-state index contributed by atoms with van der Waals surface area (Å²) in [7, 11) is 2.04. The van der Waals surface area contributed by atoms with Crippen molar-refractivity contribution in [3.05, 3.63) is 42.7 Å². The van der Waals surface area contributed by atoms with E-state index in [1.807, 2.05) is 37.4 Å². The second kappa shape index (κ2) is 5.44. The molecule has 1 saturated heterocycles. The van der Waals surface area contributed by atoms with Gasteiger partial charge in [0.05, 0.1) is 11.0 Å². The number of para-hydroxylation sites is 2. The zero-order chi connectivity index (χ0) is 16.8. The van der Waals surface area contributed by atoms with Crippen LogP contribution in [-0.4, -0.2) is 49.0 Å². The van der Waals surface area contributed by atoms with E-state index in [1.54, 1.807) is 10.8 Å². The van der Waals surface area contributed by atoms with Gasteiger partial charge in [0, 0.05) is 32.6 Å². The van der Waals surface area contributed by atoms with Crippen molar-refractivity contribution >= 4 is 28.4 Å². The molecule has 4 aromatic rings. The van der Waals surface area contributed by atoms with Crippen molar-refractivity contribution in [3.8, 4) is 0 Å². The van der Waals surface area contributed by atoms with Crippen LogP contribution < -0.4 is 10.2 Å². The molecule has 8 heteroatoms. The maximum atomic E-state index is 4.66. The lowest BCUT2D eigenvalue weighted by atomic mass is 10.0. The zero-order valence-electron chi connectivity index (χ0n) is 13.9. The first-order valence-corrected chi connectivity index (χ1v) is 8.35. The fraction of sp³-hybridized carbons (Fsp3) is 0.294. The van der Waals surface area contributed by atoms with E-state index in [9.17, 15) is 0 Å². The van der Waals surface area contributed by atoms with Crippen molar-refractivity contribution in [1.82, 2.24) is 29.4 Å². The minimum atomic E-state index is 0.582. The molecule has 0 bridgehead atoms. The summed E-state index contributed by atoms with van der Waals surface area (Å²) in [6, 6.07) is 12.1. The third-order valence-corrected chi connectivity index (χ3v) is 4.76. The van der Waals surface area contributed by atoms with Crippen LogP contribution in [0.25, 0.3) is 16.7 Å². The summed E-state index contributed by atoms with van der Waals surface area (Å²) < 4.78 is 3.81. The standard InChI is InChI=1S/C17H18N8/c1-23-14-5-3-2-4-13(14)20-17(23)18-8-12-9-24(10-12)16-7-6-15-21-19-11-25(15)22-16/h2-7,11-12H,8-10H2,1H3,(H,18,20). The van der Waals surface area contributed by atoms with Gasteiger partial charge in [-0.3, -0.25) is 0 Å². The summed E-state index contributed by atoms with van der Waals surface area (Å²) in [6.45, 7) is 2.87. The normalized spacial score (nSPS) is 15.0. The van der Waals surface area contributed by atoms with E-state index in [1.165, 1.54) is 0 Å². The number of aromatic nitrogens is 6. The Hall–Kier alpha value is -3.16. The van der Waals surface area contributed by atoms with Gasteiger partial charge in [0.25, 0.3) is 0 Å². The van der Waals surface area contributed by atoms with Crippen LogP contribution in [0.2, 0.25) is 0 Å². The Bertz CT molecular complexity index is 1040. The molecule has 0 aliphatic carbocycles. The Morgan fingerprint density at radius 3 is 2.92 bits per heavy atom.